The summed E-state index contributed by atoms with van der Waals surface area (Å²) in [4.78, 5) is 50.6. The highest BCUT2D eigenvalue weighted by molar-refractivity contribution is 6.22. The average Bonchev–Trinajstić information content (AvgIpc) is 2.83. The van der Waals surface area contributed by atoms with Crippen molar-refractivity contribution in [1.29, 1.82) is 0 Å². The monoisotopic (exact) mass is 546 g/mol. The topological polar surface area (TPSA) is 176 Å². The van der Waals surface area contributed by atoms with Gasteiger partial charge in [-0.15, -0.1) is 0 Å². The minimum Gasteiger partial charge on any atom is -0.511 e. The number of hydrogen-bond acceptors (Lipinski definition) is 8. The number of fused-ring (bicyclic) bond motifs is 3. The van der Waals surface area contributed by atoms with E-state index in [0.717, 1.165) is 5.56 Å². The van der Waals surface area contributed by atoms with E-state index in [-0.39, 0.29) is 23.3 Å². The second-order valence-electron chi connectivity index (χ2n) is 11.4. The second-order valence-corrected chi connectivity index (χ2v) is 11.4. The Hall–Kier alpha value is -4.60. The predicted molar refractivity (Wildman–Crippen MR) is 145 cm³/mol. The molecule has 2 amide bonds. The number of ketones is 2. The summed E-state index contributed by atoms with van der Waals surface area (Å²) >= 11 is 0. The minimum absolute atomic E-state index is 0.0252. The van der Waals surface area contributed by atoms with Crippen LogP contribution in [0.3, 0.4) is 0 Å². The molecule has 3 aliphatic rings. The number of nitrogens with one attached hydrogen (secondary N) is 1. The Morgan fingerprint density at radius 3 is 2.30 bits per heavy atom. The number of carbonyl (C=O) groups is 4. The largest absolute Gasteiger partial charge is 0.511 e. The van der Waals surface area contributed by atoms with E-state index in [4.69, 9.17) is 10.5 Å². The molecular weight excluding hydrogens is 516 g/mol. The highest BCUT2D eigenvalue weighted by Crippen LogP contribution is 2.50. The number of nitrogens with two attached hydrogens (primary N) is 1. The summed E-state index contributed by atoms with van der Waals surface area (Å²) in [6, 6.07) is 10.1. The summed E-state index contributed by atoms with van der Waals surface area (Å²) in [5.41, 5.74) is 6.72. The Morgan fingerprint density at radius 2 is 1.68 bits per heavy atom. The highest BCUT2D eigenvalue weighted by Gasteiger charge is 2.50. The number of aliphatic hydroxyl groups excluding tert-OH is 2. The van der Waals surface area contributed by atoms with Gasteiger partial charge in [0.05, 0.1) is 11.5 Å². The van der Waals surface area contributed by atoms with Crippen LogP contribution in [0.5, 0.6) is 5.75 Å². The average molecular weight is 547 g/mol. The first-order valence-electron chi connectivity index (χ1n) is 13.0. The van der Waals surface area contributed by atoms with Gasteiger partial charge in [0.2, 0.25) is 0 Å². The molecule has 2 aromatic rings. The number of Topliss-reactive ketones (excluding diaryl/α,β-unsaturated/α-hetero) is 2. The molecule has 0 fully saturated rings. The van der Waals surface area contributed by atoms with E-state index >= 15 is 0 Å². The van der Waals surface area contributed by atoms with Crippen molar-refractivity contribution in [2.24, 2.45) is 23.5 Å². The lowest BCUT2D eigenvalue weighted by Gasteiger charge is -2.41. The van der Waals surface area contributed by atoms with Crippen molar-refractivity contribution in [3.63, 3.8) is 0 Å². The molecule has 0 aliphatic heterocycles. The number of amides is 2. The molecule has 3 aliphatic carbocycles. The fraction of sp³-hybridized carbons (Fsp3) is 0.333. The van der Waals surface area contributed by atoms with E-state index in [9.17, 15) is 34.5 Å². The van der Waals surface area contributed by atoms with Crippen LogP contribution < -0.4 is 11.1 Å². The number of allylic oxidation sites excluding steroid dienone is 3. The lowest BCUT2D eigenvalue weighted by molar-refractivity contribution is -0.126. The van der Waals surface area contributed by atoms with Crippen molar-refractivity contribution >= 4 is 29.3 Å². The van der Waals surface area contributed by atoms with Gasteiger partial charge in [-0.25, -0.2) is 4.79 Å². The Kier molecular flexibility index (Phi) is 6.44. The van der Waals surface area contributed by atoms with Crippen LogP contribution in [0.1, 0.15) is 49.5 Å². The molecule has 5 rings (SSSR count). The number of phenolic OH excluding ortho intramolecular Hbond substituents is 1. The summed E-state index contributed by atoms with van der Waals surface area (Å²) in [5.74, 6) is -5.72. The zero-order valence-electron chi connectivity index (χ0n) is 22.3. The Morgan fingerprint density at radius 1 is 1.00 bits per heavy atom. The molecule has 2 aromatic carbocycles. The number of anilines is 1. The van der Waals surface area contributed by atoms with E-state index in [0.29, 0.717) is 29.7 Å². The van der Waals surface area contributed by atoms with Crippen molar-refractivity contribution in [2.45, 2.75) is 45.6 Å². The lowest BCUT2D eigenvalue weighted by Crippen LogP contribution is -2.43. The van der Waals surface area contributed by atoms with E-state index in [1.807, 2.05) is 0 Å². The number of rotatable bonds is 3. The normalized spacial score (nSPS) is 22.3. The number of benzene rings is 2. The van der Waals surface area contributed by atoms with Gasteiger partial charge in [-0.1, -0.05) is 18.2 Å². The van der Waals surface area contributed by atoms with Crippen molar-refractivity contribution in [1.82, 2.24) is 0 Å². The van der Waals surface area contributed by atoms with E-state index in [2.05, 4.69) is 5.32 Å². The van der Waals surface area contributed by atoms with Gasteiger partial charge >= 0.3 is 6.09 Å². The summed E-state index contributed by atoms with van der Waals surface area (Å²) in [6.45, 7) is 5.30. The Balaban J connectivity index is 1.50. The van der Waals surface area contributed by atoms with Crippen LogP contribution in [-0.4, -0.2) is 44.5 Å². The molecule has 40 heavy (non-hydrogen) atoms. The van der Waals surface area contributed by atoms with Gasteiger partial charge in [0.15, 0.2) is 11.6 Å². The first-order chi connectivity index (χ1) is 18.8. The van der Waals surface area contributed by atoms with Gasteiger partial charge in [0.25, 0.3) is 5.91 Å². The molecular formula is C30H30N2O8. The van der Waals surface area contributed by atoms with Gasteiger partial charge < -0.3 is 25.8 Å². The molecule has 0 spiro atoms. The number of carbonyl (C=O) groups excluding carboxylic acids is 4. The number of aromatic hydroxyl groups is 1. The van der Waals surface area contributed by atoms with Crippen molar-refractivity contribution in [3.8, 4) is 16.9 Å². The van der Waals surface area contributed by atoms with Crippen LogP contribution in [0.2, 0.25) is 0 Å². The first kappa shape index (κ1) is 27.0. The van der Waals surface area contributed by atoms with Crippen molar-refractivity contribution in [3.05, 3.63) is 70.2 Å². The number of primary amides is 1. The zero-order valence-corrected chi connectivity index (χ0v) is 22.3. The fourth-order valence-corrected chi connectivity index (χ4v) is 6.06. The molecule has 6 N–H and O–H groups in total. The molecule has 0 radical (unpaired) electrons. The Labute approximate surface area is 230 Å². The van der Waals surface area contributed by atoms with Crippen LogP contribution >= 0.6 is 0 Å². The quantitative estimate of drug-likeness (QED) is 0.350. The smallest absolute Gasteiger partial charge is 0.412 e. The summed E-state index contributed by atoms with van der Waals surface area (Å²) in [5, 5.41) is 34.8. The standard InChI is InChI=1S/C30H30N2O8/c1-30(2,3)40-29(39)32-16-6-4-13(5-7-16)17-8-9-19(33)23-18(17)11-14-10-15-12-20(34)24(28(31)38)27(37)22(15)25(35)21(14)26(23)36/h4-9,14-15,22,33-35H,10-12H2,1-3H3,(H2,31,38)(H,32,39). The summed E-state index contributed by atoms with van der Waals surface area (Å²) in [6.07, 6.45) is -0.00667. The Bertz CT molecular complexity index is 1530. The third-order valence-electron chi connectivity index (χ3n) is 7.61. The molecule has 0 bridgehead atoms. The van der Waals surface area contributed by atoms with Crippen molar-refractivity contribution < 1.29 is 39.2 Å². The van der Waals surface area contributed by atoms with Crippen LogP contribution in [0.4, 0.5) is 10.5 Å². The molecule has 3 unspecified atom stereocenters. The first-order valence-corrected chi connectivity index (χ1v) is 13.0. The van der Waals surface area contributed by atoms with Gasteiger partial charge in [0, 0.05) is 17.7 Å². The van der Waals surface area contributed by atoms with Gasteiger partial charge in [-0.3, -0.25) is 19.7 Å². The van der Waals surface area contributed by atoms with Crippen LogP contribution in [0, 0.1) is 17.8 Å². The van der Waals surface area contributed by atoms with Crippen LogP contribution in [-0.2, 0) is 20.7 Å². The third-order valence-corrected chi connectivity index (χ3v) is 7.61. The highest BCUT2D eigenvalue weighted by atomic mass is 16.6. The molecule has 0 saturated carbocycles. The molecule has 10 nitrogen and oxygen atoms in total. The van der Waals surface area contributed by atoms with Gasteiger partial charge in [0.1, 0.15) is 28.4 Å². The summed E-state index contributed by atoms with van der Waals surface area (Å²) in [7, 11) is 0. The minimum atomic E-state index is -1.16. The maximum absolute atomic E-state index is 13.7. The van der Waals surface area contributed by atoms with Gasteiger partial charge in [-0.2, -0.15) is 0 Å². The fourth-order valence-electron chi connectivity index (χ4n) is 6.06. The van der Waals surface area contributed by atoms with E-state index in [1.165, 1.54) is 6.07 Å². The summed E-state index contributed by atoms with van der Waals surface area (Å²) < 4.78 is 5.28. The molecule has 10 heteroatoms. The molecule has 0 heterocycles. The molecule has 208 valence electrons. The lowest BCUT2D eigenvalue weighted by atomic mass is 9.62. The maximum atomic E-state index is 13.7. The van der Waals surface area contributed by atoms with Gasteiger partial charge in [-0.05, 0) is 80.3 Å². The molecule has 3 atom stereocenters. The predicted octanol–water partition coefficient (Wildman–Crippen LogP) is 4.48. The van der Waals surface area contributed by atoms with Crippen LogP contribution in [0.15, 0.2) is 59.1 Å². The van der Waals surface area contributed by atoms with E-state index in [1.54, 1.807) is 51.1 Å². The van der Waals surface area contributed by atoms with Crippen molar-refractivity contribution in [2.75, 3.05) is 5.32 Å². The van der Waals surface area contributed by atoms with E-state index < -0.39 is 64.0 Å². The number of aliphatic hydroxyl groups is 2. The third kappa shape index (κ3) is 4.59. The molecule has 0 aromatic heterocycles. The number of hydrogen-bond donors (Lipinski definition) is 5. The second kappa shape index (κ2) is 9.55. The SMILES string of the molecule is CC(C)(C)OC(=O)Nc1ccc(-c2ccc(O)c3c2CC2CC4CC(O)=C(C(N)=O)C(=O)C4C(O)=C2C3=O)cc1. The van der Waals surface area contributed by atoms with Crippen LogP contribution in [0.25, 0.3) is 11.1 Å². The number of phenols is 1. The number of ether oxygens (including phenoxy) is 1. The maximum Gasteiger partial charge on any atom is 0.412 e. The molecule has 0 saturated heterocycles. The zero-order chi connectivity index (χ0) is 29.1.